The van der Waals surface area contributed by atoms with Gasteiger partial charge in [0.2, 0.25) is 0 Å². The maximum atomic E-state index is 4.34. The highest BCUT2D eigenvalue weighted by atomic mass is 15.0. The predicted molar refractivity (Wildman–Crippen MR) is 58.0 cm³/mol. The lowest BCUT2D eigenvalue weighted by Crippen LogP contribution is -2.24. The lowest BCUT2D eigenvalue weighted by Gasteiger charge is -2.14. The molecule has 2 atom stereocenters. The van der Waals surface area contributed by atoms with Gasteiger partial charge in [-0.15, -0.1) is 0 Å². The summed E-state index contributed by atoms with van der Waals surface area (Å²) in [6.45, 7) is 6.78. The highest BCUT2D eigenvalue weighted by Gasteiger charge is 2.45. The highest BCUT2D eigenvalue weighted by Crippen LogP contribution is 2.45. The molecule has 0 aliphatic heterocycles. The van der Waals surface area contributed by atoms with Gasteiger partial charge in [-0.2, -0.15) is 0 Å². The zero-order valence-corrected chi connectivity index (χ0v) is 9.12. The summed E-state index contributed by atoms with van der Waals surface area (Å²) in [5.74, 6) is 0. The van der Waals surface area contributed by atoms with Gasteiger partial charge >= 0.3 is 0 Å². The van der Waals surface area contributed by atoms with E-state index in [4.69, 9.17) is 0 Å². The molecule has 1 aliphatic rings. The second-order valence-corrected chi connectivity index (χ2v) is 4.89. The fourth-order valence-corrected chi connectivity index (χ4v) is 1.77. The normalized spacial score (nSPS) is 25.8. The summed E-state index contributed by atoms with van der Waals surface area (Å²) in [7, 11) is 0. The van der Waals surface area contributed by atoms with Crippen molar-refractivity contribution in [3.8, 4) is 0 Å². The Morgan fingerprint density at radius 3 is 2.71 bits per heavy atom. The Kier molecular flexibility index (Phi) is 2.31. The molecule has 2 rings (SSSR count). The molecule has 2 nitrogen and oxygen atoms in total. The molecule has 1 saturated carbocycles. The quantitative estimate of drug-likeness (QED) is 0.792. The van der Waals surface area contributed by atoms with Crippen molar-refractivity contribution in [1.82, 2.24) is 10.3 Å². The summed E-state index contributed by atoms with van der Waals surface area (Å²) >= 11 is 0. The molecule has 0 spiro atoms. The van der Waals surface area contributed by atoms with E-state index in [-0.39, 0.29) is 0 Å². The van der Waals surface area contributed by atoms with Crippen LogP contribution >= 0.6 is 0 Å². The topological polar surface area (TPSA) is 24.9 Å². The van der Waals surface area contributed by atoms with Gasteiger partial charge in [0.25, 0.3) is 0 Å². The monoisotopic (exact) mass is 190 g/mol. The van der Waals surface area contributed by atoms with E-state index in [1.807, 2.05) is 18.3 Å². The molecule has 1 N–H and O–H groups in total. The van der Waals surface area contributed by atoms with E-state index in [0.717, 1.165) is 5.69 Å². The van der Waals surface area contributed by atoms with Crippen LogP contribution in [0.15, 0.2) is 24.4 Å². The average Bonchev–Trinajstić information content (AvgIpc) is 2.75. The van der Waals surface area contributed by atoms with Crippen molar-refractivity contribution < 1.29 is 0 Å². The number of rotatable bonds is 3. The summed E-state index contributed by atoms with van der Waals surface area (Å²) in [6.07, 6.45) is 3.13. The van der Waals surface area contributed by atoms with Crippen molar-refractivity contribution in [3.63, 3.8) is 0 Å². The van der Waals surface area contributed by atoms with Crippen LogP contribution < -0.4 is 5.32 Å². The number of nitrogens with one attached hydrogen (secondary N) is 1. The molecule has 0 bridgehead atoms. The molecule has 1 heterocycles. The van der Waals surface area contributed by atoms with Gasteiger partial charge in [-0.25, -0.2) is 0 Å². The first kappa shape index (κ1) is 9.66. The van der Waals surface area contributed by atoms with E-state index < -0.39 is 0 Å². The lowest BCUT2D eigenvalue weighted by atomic mass is 10.1. The van der Waals surface area contributed by atoms with Crippen LogP contribution in [-0.2, 0) is 0 Å². The molecule has 14 heavy (non-hydrogen) atoms. The largest absolute Gasteiger partial charge is 0.305 e. The first-order valence-corrected chi connectivity index (χ1v) is 5.26. The maximum absolute atomic E-state index is 4.34. The van der Waals surface area contributed by atoms with Crippen LogP contribution in [0.25, 0.3) is 0 Å². The standard InChI is InChI=1S/C12H18N2/c1-9(10-6-4-5-7-13-10)14-11-8-12(11,2)3/h4-7,9,11,14H,8H2,1-3H3. The van der Waals surface area contributed by atoms with Gasteiger partial charge in [0, 0.05) is 18.3 Å². The van der Waals surface area contributed by atoms with Gasteiger partial charge < -0.3 is 5.32 Å². The highest BCUT2D eigenvalue weighted by molar-refractivity contribution is 5.11. The van der Waals surface area contributed by atoms with Crippen LogP contribution in [-0.4, -0.2) is 11.0 Å². The van der Waals surface area contributed by atoms with Gasteiger partial charge in [0.05, 0.1) is 5.69 Å². The number of hydrogen-bond acceptors (Lipinski definition) is 2. The Hall–Kier alpha value is -0.890. The summed E-state index contributed by atoms with van der Waals surface area (Å²) in [5.41, 5.74) is 1.62. The van der Waals surface area contributed by atoms with Crippen molar-refractivity contribution in [3.05, 3.63) is 30.1 Å². The Labute approximate surface area is 85.7 Å². The van der Waals surface area contributed by atoms with Gasteiger partial charge in [0.15, 0.2) is 0 Å². The molecule has 0 aromatic carbocycles. The molecule has 76 valence electrons. The predicted octanol–water partition coefficient (Wildman–Crippen LogP) is 2.53. The molecule has 0 saturated heterocycles. The molecule has 1 aliphatic carbocycles. The van der Waals surface area contributed by atoms with E-state index in [0.29, 0.717) is 17.5 Å². The second-order valence-electron chi connectivity index (χ2n) is 4.89. The molecule has 0 amide bonds. The Balaban J connectivity index is 1.94. The van der Waals surface area contributed by atoms with Crippen LogP contribution in [0.1, 0.15) is 38.9 Å². The Morgan fingerprint density at radius 2 is 2.21 bits per heavy atom. The van der Waals surface area contributed by atoms with Crippen molar-refractivity contribution in [2.24, 2.45) is 5.41 Å². The maximum Gasteiger partial charge on any atom is 0.0570 e. The van der Waals surface area contributed by atoms with Crippen molar-refractivity contribution in [1.29, 1.82) is 0 Å². The molecular formula is C12H18N2. The molecule has 0 radical (unpaired) electrons. The fourth-order valence-electron chi connectivity index (χ4n) is 1.77. The third kappa shape index (κ3) is 1.95. The first-order chi connectivity index (χ1) is 6.59. The van der Waals surface area contributed by atoms with Gasteiger partial charge in [-0.3, -0.25) is 4.98 Å². The van der Waals surface area contributed by atoms with Gasteiger partial charge in [-0.05, 0) is 30.9 Å². The Morgan fingerprint density at radius 1 is 1.50 bits per heavy atom. The first-order valence-electron chi connectivity index (χ1n) is 5.26. The van der Waals surface area contributed by atoms with Crippen LogP contribution in [0.5, 0.6) is 0 Å². The molecular weight excluding hydrogens is 172 g/mol. The van der Waals surface area contributed by atoms with Crippen LogP contribution in [0, 0.1) is 5.41 Å². The third-order valence-corrected chi connectivity index (χ3v) is 3.10. The third-order valence-electron chi connectivity index (χ3n) is 3.10. The molecule has 1 fully saturated rings. The van der Waals surface area contributed by atoms with Crippen molar-refractivity contribution >= 4 is 0 Å². The minimum atomic E-state index is 0.364. The van der Waals surface area contributed by atoms with Crippen LogP contribution in [0.2, 0.25) is 0 Å². The zero-order chi connectivity index (χ0) is 10.2. The fraction of sp³-hybridized carbons (Fsp3) is 0.583. The molecule has 1 aromatic heterocycles. The number of aromatic nitrogens is 1. The number of nitrogens with zero attached hydrogens (tertiary/aromatic N) is 1. The number of pyridine rings is 1. The minimum Gasteiger partial charge on any atom is -0.305 e. The van der Waals surface area contributed by atoms with Crippen LogP contribution in [0.4, 0.5) is 0 Å². The summed E-state index contributed by atoms with van der Waals surface area (Å²) in [4.78, 5) is 4.34. The number of hydrogen-bond donors (Lipinski definition) is 1. The second kappa shape index (κ2) is 3.35. The smallest absolute Gasteiger partial charge is 0.0570 e. The van der Waals surface area contributed by atoms with Crippen LogP contribution in [0.3, 0.4) is 0 Å². The van der Waals surface area contributed by atoms with E-state index in [9.17, 15) is 0 Å². The van der Waals surface area contributed by atoms with E-state index in [1.54, 1.807) is 0 Å². The molecule has 2 heteroatoms. The van der Waals surface area contributed by atoms with Crippen molar-refractivity contribution in [2.45, 2.75) is 39.3 Å². The zero-order valence-electron chi connectivity index (χ0n) is 9.12. The van der Waals surface area contributed by atoms with Gasteiger partial charge in [-0.1, -0.05) is 19.9 Å². The summed E-state index contributed by atoms with van der Waals surface area (Å²) in [6, 6.07) is 7.10. The van der Waals surface area contributed by atoms with E-state index in [1.165, 1.54) is 6.42 Å². The average molecular weight is 190 g/mol. The summed E-state index contributed by atoms with van der Waals surface area (Å²) in [5, 5.41) is 3.60. The molecule has 1 aromatic rings. The SMILES string of the molecule is CC(NC1CC1(C)C)c1ccccn1. The minimum absolute atomic E-state index is 0.364. The summed E-state index contributed by atoms with van der Waals surface area (Å²) < 4.78 is 0. The molecule has 2 unspecified atom stereocenters. The lowest BCUT2D eigenvalue weighted by molar-refractivity contribution is 0.485. The van der Waals surface area contributed by atoms with E-state index in [2.05, 4.69) is 37.1 Å². The van der Waals surface area contributed by atoms with E-state index >= 15 is 0 Å². The van der Waals surface area contributed by atoms with Gasteiger partial charge in [0.1, 0.15) is 0 Å². The van der Waals surface area contributed by atoms with Crippen molar-refractivity contribution in [2.75, 3.05) is 0 Å². The Bertz CT molecular complexity index is 305.